The van der Waals surface area contributed by atoms with Gasteiger partial charge in [-0.05, 0) is 35.0 Å². The van der Waals surface area contributed by atoms with Crippen molar-refractivity contribution >= 4 is 28.3 Å². The molecule has 6 nitrogen and oxygen atoms in total. The first-order valence-corrected chi connectivity index (χ1v) is 10.5. The van der Waals surface area contributed by atoms with Gasteiger partial charge in [0.15, 0.2) is 5.82 Å². The van der Waals surface area contributed by atoms with Gasteiger partial charge in [0.1, 0.15) is 0 Å². The zero-order valence-electron chi connectivity index (χ0n) is 17.1. The Morgan fingerprint density at radius 1 is 0.742 bits per heavy atom. The normalized spacial score (nSPS) is 13.9. The van der Waals surface area contributed by atoms with Crippen LogP contribution in [0.15, 0.2) is 84.9 Å². The summed E-state index contributed by atoms with van der Waals surface area (Å²) in [5, 5.41) is 14.3. The average Bonchev–Trinajstić information content (AvgIpc) is 2.84. The number of hydrogen-bond donors (Lipinski definition) is 1. The van der Waals surface area contributed by atoms with E-state index in [4.69, 9.17) is 0 Å². The third-order valence-corrected chi connectivity index (χ3v) is 5.63. The van der Waals surface area contributed by atoms with Gasteiger partial charge in [-0.2, -0.15) is 0 Å². The van der Waals surface area contributed by atoms with E-state index in [2.05, 4.69) is 44.7 Å². The lowest BCUT2D eigenvalue weighted by Crippen LogP contribution is -2.50. The lowest BCUT2D eigenvalue weighted by atomic mass is 10.0. The molecule has 2 heterocycles. The number of urea groups is 1. The smallest absolute Gasteiger partial charge is 0.321 e. The summed E-state index contributed by atoms with van der Waals surface area (Å²) in [5.74, 6) is 0.840. The molecule has 2 amide bonds. The second-order valence-electron chi connectivity index (χ2n) is 7.57. The van der Waals surface area contributed by atoms with Crippen molar-refractivity contribution in [2.45, 2.75) is 0 Å². The summed E-state index contributed by atoms with van der Waals surface area (Å²) < 4.78 is 0. The van der Waals surface area contributed by atoms with Crippen LogP contribution >= 0.6 is 0 Å². The molecule has 1 fully saturated rings. The molecule has 0 unspecified atom stereocenters. The number of hydrogen-bond acceptors (Lipinski definition) is 4. The van der Waals surface area contributed by atoms with Crippen molar-refractivity contribution in [1.82, 2.24) is 15.1 Å². The van der Waals surface area contributed by atoms with Gasteiger partial charge in [0, 0.05) is 37.4 Å². The van der Waals surface area contributed by atoms with Crippen molar-refractivity contribution in [3.63, 3.8) is 0 Å². The fourth-order valence-corrected chi connectivity index (χ4v) is 3.95. The predicted molar refractivity (Wildman–Crippen MR) is 124 cm³/mol. The maximum Gasteiger partial charge on any atom is 0.321 e. The highest BCUT2D eigenvalue weighted by atomic mass is 16.2. The molecule has 4 aromatic rings. The summed E-state index contributed by atoms with van der Waals surface area (Å²) >= 11 is 0. The number of nitrogens with zero attached hydrogens (tertiary/aromatic N) is 4. The molecule has 1 aliphatic heterocycles. The van der Waals surface area contributed by atoms with Gasteiger partial charge >= 0.3 is 6.03 Å². The number of amides is 2. The first kappa shape index (κ1) is 19.1. The van der Waals surface area contributed by atoms with Crippen LogP contribution in [0.2, 0.25) is 0 Å². The fraction of sp³-hybridized carbons (Fsp3) is 0.160. The Balaban J connectivity index is 1.25. The van der Waals surface area contributed by atoms with E-state index in [0.717, 1.165) is 35.9 Å². The lowest BCUT2D eigenvalue weighted by molar-refractivity contribution is 0.208. The van der Waals surface area contributed by atoms with E-state index >= 15 is 0 Å². The molecule has 31 heavy (non-hydrogen) atoms. The highest BCUT2D eigenvalue weighted by Gasteiger charge is 2.22. The van der Waals surface area contributed by atoms with Crippen molar-refractivity contribution < 1.29 is 4.79 Å². The van der Waals surface area contributed by atoms with Gasteiger partial charge in [0.25, 0.3) is 0 Å². The molecule has 0 saturated carbocycles. The summed E-state index contributed by atoms with van der Waals surface area (Å²) in [6.45, 7) is 2.74. The molecular formula is C25H23N5O. The van der Waals surface area contributed by atoms with Crippen molar-refractivity contribution in [3.05, 3.63) is 84.9 Å². The molecule has 0 atom stereocenters. The van der Waals surface area contributed by atoms with Gasteiger partial charge in [0.2, 0.25) is 0 Å². The zero-order chi connectivity index (χ0) is 21.0. The number of nitrogens with one attached hydrogen (secondary N) is 1. The minimum atomic E-state index is -0.0664. The Morgan fingerprint density at radius 2 is 1.48 bits per heavy atom. The van der Waals surface area contributed by atoms with Gasteiger partial charge in [-0.1, -0.05) is 60.7 Å². The van der Waals surface area contributed by atoms with Crippen LogP contribution in [-0.4, -0.2) is 47.3 Å². The van der Waals surface area contributed by atoms with Crippen molar-refractivity contribution in [1.29, 1.82) is 0 Å². The summed E-state index contributed by atoms with van der Waals surface area (Å²) in [6, 6.07) is 28.0. The number of para-hydroxylation sites is 1. The lowest BCUT2D eigenvalue weighted by Gasteiger charge is -2.35. The summed E-state index contributed by atoms with van der Waals surface area (Å²) in [5.41, 5.74) is 2.76. The minimum Gasteiger partial charge on any atom is -0.352 e. The number of carbonyl (C=O) groups excluding carboxylic acids is 1. The highest BCUT2D eigenvalue weighted by Crippen LogP contribution is 2.27. The second kappa shape index (κ2) is 8.44. The van der Waals surface area contributed by atoms with E-state index in [1.807, 2.05) is 65.6 Å². The monoisotopic (exact) mass is 409 g/mol. The van der Waals surface area contributed by atoms with Crippen LogP contribution in [0.3, 0.4) is 0 Å². The molecule has 1 N–H and O–H groups in total. The van der Waals surface area contributed by atoms with E-state index in [0.29, 0.717) is 13.1 Å². The van der Waals surface area contributed by atoms with Gasteiger partial charge in [-0.3, -0.25) is 0 Å². The summed E-state index contributed by atoms with van der Waals surface area (Å²) in [6.07, 6.45) is 0. The molecule has 0 aliphatic carbocycles. The minimum absolute atomic E-state index is 0.0664. The van der Waals surface area contributed by atoms with Gasteiger partial charge in [0.05, 0.1) is 5.69 Å². The molecule has 0 spiro atoms. The van der Waals surface area contributed by atoms with Crippen molar-refractivity contribution in [2.24, 2.45) is 0 Å². The molecule has 1 aliphatic rings. The van der Waals surface area contributed by atoms with Crippen LogP contribution in [0.5, 0.6) is 0 Å². The van der Waals surface area contributed by atoms with Crippen LogP contribution < -0.4 is 10.2 Å². The van der Waals surface area contributed by atoms with E-state index in [9.17, 15) is 4.79 Å². The van der Waals surface area contributed by atoms with Crippen LogP contribution in [0.4, 0.5) is 16.3 Å². The van der Waals surface area contributed by atoms with Crippen LogP contribution in [-0.2, 0) is 0 Å². The van der Waals surface area contributed by atoms with Gasteiger partial charge < -0.3 is 15.1 Å². The molecule has 0 bridgehead atoms. The van der Waals surface area contributed by atoms with Crippen LogP contribution in [0.1, 0.15) is 0 Å². The number of rotatable bonds is 3. The summed E-state index contributed by atoms with van der Waals surface area (Å²) in [7, 11) is 0. The predicted octanol–water partition coefficient (Wildman–Crippen LogP) is 4.65. The fourth-order valence-electron chi connectivity index (χ4n) is 3.95. The number of fused-ring (bicyclic) bond motifs is 1. The first-order chi connectivity index (χ1) is 15.3. The Bertz CT molecular complexity index is 1180. The van der Waals surface area contributed by atoms with E-state index in [1.54, 1.807) is 0 Å². The molecule has 3 aromatic carbocycles. The number of piperazine rings is 1. The first-order valence-electron chi connectivity index (χ1n) is 10.5. The Hall–Kier alpha value is -3.93. The van der Waals surface area contributed by atoms with Crippen molar-refractivity contribution in [2.75, 3.05) is 36.4 Å². The van der Waals surface area contributed by atoms with E-state index < -0.39 is 0 Å². The SMILES string of the molecule is O=C(Nc1ccccc1)N1CCN(c2ccc(-c3cccc4ccccc34)nn2)CC1. The molecule has 6 heteroatoms. The molecule has 0 radical (unpaired) electrons. The van der Waals surface area contributed by atoms with Crippen LogP contribution in [0.25, 0.3) is 22.0 Å². The largest absolute Gasteiger partial charge is 0.352 e. The maximum atomic E-state index is 12.5. The Labute approximate surface area is 181 Å². The number of aromatic nitrogens is 2. The number of benzene rings is 3. The quantitative estimate of drug-likeness (QED) is 0.535. The standard InChI is InChI=1S/C25H23N5O/c31-25(26-20-9-2-1-3-10-20)30-17-15-29(16-18-30)24-14-13-23(27-28-24)22-12-6-8-19-7-4-5-11-21(19)22/h1-14H,15-18H2,(H,26,31). The highest BCUT2D eigenvalue weighted by molar-refractivity contribution is 5.95. The third kappa shape index (κ3) is 4.05. The Morgan fingerprint density at radius 3 is 2.26 bits per heavy atom. The average molecular weight is 409 g/mol. The van der Waals surface area contributed by atoms with E-state index in [-0.39, 0.29) is 6.03 Å². The third-order valence-electron chi connectivity index (χ3n) is 5.63. The topological polar surface area (TPSA) is 61.4 Å². The van der Waals surface area contributed by atoms with Crippen molar-refractivity contribution in [3.8, 4) is 11.3 Å². The van der Waals surface area contributed by atoms with Gasteiger partial charge in [-0.15, -0.1) is 10.2 Å². The molecule has 5 rings (SSSR count). The summed E-state index contributed by atoms with van der Waals surface area (Å²) in [4.78, 5) is 16.5. The van der Waals surface area contributed by atoms with Gasteiger partial charge in [-0.25, -0.2) is 4.79 Å². The number of carbonyl (C=O) groups is 1. The maximum absolute atomic E-state index is 12.5. The molecular weight excluding hydrogens is 386 g/mol. The molecule has 154 valence electrons. The van der Waals surface area contributed by atoms with Crippen LogP contribution in [0, 0.1) is 0 Å². The molecule has 1 saturated heterocycles. The molecule has 1 aromatic heterocycles. The zero-order valence-corrected chi connectivity index (χ0v) is 17.1. The second-order valence-corrected chi connectivity index (χ2v) is 7.57. The number of anilines is 2. The Kier molecular flexibility index (Phi) is 5.19. The van der Waals surface area contributed by atoms with E-state index in [1.165, 1.54) is 10.8 Å².